The zero-order valence-corrected chi connectivity index (χ0v) is 70.1. The molecule has 0 aliphatic rings. The second-order valence-electron chi connectivity index (χ2n) is 31.3. The van der Waals surface area contributed by atoms with Crippen LogP contribution in [-0.4, -0.2) is 96.7 Å². The van der Waals surface area contributed by atoms with Crippen LogP contribution in [0.1, 0.15) is 452 Å². The molecule has 0 rings (SSSR count). The zero-order chi connectivity index (χ0) is 76.4. The maximum Gasteiger partial charge on any atom is 0.472 e. The summed E-state index contributed by atoms with van der Waals surface area (Å²) in [6.07, 6.45) is 68.7. The van der Waals surface area contributed by atoms with Crippen LogP contribution in [0.3, 0.4) is 0 Å². The van der Waals surface area contributed by atoms with Gasteiger partial charge in [0.15, 0.2) is 12.2 Å². The van der Waals surface area contributed by atoms with E-state index < -0.39 is 97.5 Å². The first kappa shape index (κ1) is 102. The largest absolute Gasteiger partial charge is 0.472 e. The third-order valence-corrected chi connectivity index (χ3v) is 22.2. The highest BCUT2D eigenvalue weighted by Crippen LogP contribution is 2.45. The van der Waals surface area contributed by atoms with Crippen molar-refractivity contribution in [3.05, 3.63) is 0 Å². The standard InChI is InChI=1S/C85H166O17P2/c1-7-10-12-14-15-16-17-18-19-20-21-22-23-24-28-31-34-40-45-50-56-62-68-83(88)96-74-81(102-85(90)70-63-57-51-46-41-35-32-29-26-25-27-30-33-39-44-49-55-60-66-78(6)9-3)76-100-104(93,94)98-72-79(86)71-97-103(91,92)99-75-80(73-95-82(87)67-61-53-13-11-8-2)101-84(89)69-64-58-52-47-42-37-36-38-43-48-54-59-65-77(4)5/h77-81,86H,7-76H2,1-6H3,(H,91,92)(H,93,94)/t78?,79-,80+,81+/m0/s1. The molecular weight excluding hydrogens is 1350 g/mol. The highest BCUT2D eigenvalue weighted by molar-refractivity contribution is 7.47. The Morgan fingerprint density at radius 1 is 0.279 bits per heavy atom. The average molecular weight is 1520 g/mol. The molecule has 0 saturated heterocycles. The van der Waals surface area contributed by atoms with Gasteiger partial charge in [-0.25, -0.2) is 9.13 Å². The highest BCUT2D eigenvalue weighted by atomic mass is 31.2. The Bertz CT molecular complexity index is 2000. The molecule has 3 N–H and O–H groups in total. The second-order valence-corrected chi connectivity index (χ2v) is 34.2. The molecule has 0 aromatic heterocycles. The normalized spacial score (nSPS) is 14.1. The number of carbonyl (C=O) groups excluding carboxylic acids is 4. The number of hydrogen-bond donors (Lipinski definition) is 3. The molecule has 0 bridgehead atoms. The molecule has 0 aliphatic carbocycles. The van der Waals surface area contributed by atoms with Gasteiger partial charge in [-0.3, -0.25) is 37.3 Å². The van der Waals surface area contributed by atoms with Crippen LogP contribution in [0.15, 0.2) is 0 Å². The molecule has 17 nitrogen and oxygen atoms in total. The quantitative estimate of drug-likeness (QED) is 0.0222. The number of rotatable bonds is 84. The van der Waals surface area contributed by atoms with E-state index in [1.54, 1.807) is 0 Å². The van der Waals surface area contributed by atoms with Crippen molar-refractivity contribution in [1.29, 1.82) is 0 Å². The summed E-state index contributed by atoms with van der Waals surface area (Å²) in [4.78, 5) is 72.8. The van der Waals surface area contributed by atoms with Crippen LogP contribution in [0.2, 0.25) is 0 Å². The first-order valence-electron chi connectivity index (χ1n) is 44.0. The molecule has 0 aromatic rings. The minimum absolute atomic E-state index is 0.106. The number of aliphatic hydroxyl groups excluding tert-OH is 1. The van der Waals surface area contributed by atoms with Gasteiger partial charge in [0.1, 0.15) is 19.3 Å². The number of hydrogen-bond acceptors (Lipinski definition) is 15. The number of ether oxygens (including phenoxy) is 4. The van der Waals surface area contributed by atoms with E-state index in [0.717, 1.165) is 108 Å². The number of aliphatic hydroxyl groups is 1. The molecule has 6 atom stereocenters. The molecule has 618 valence electrons. The summed E-state index contributed by atoms with van der Waals surface area (Å²) in [5, 5.41) is 10.6. The lowest BCUT2D eigenvalue weighted by atomic mass is 9.99. The topological polar surface area (TPSA) is 237 Å². The SMILES string of the molecule is CCCCCCCCCCCCCCCCCCCCCCCCC(=O)OC[C@H](COP(=O)(O)OC[C@@H](O)COP(=O)(O)OC[C@@H](COC(=O)CCCCCCC)OC(=O)CCCCCCCCCCCCCCC(C)C)OC(=O)CCCCCCCCCCCCCCCCCCCCC(C)CC. The molecule has 0 heterocycles. The molecule has 0 radical (unpaired) electrons. The lowest BCUT2D eigenvalue weighted by Crippen LogP contribution is -2.30. The molecule has 0 spiro atoms. The number of phosphoric acid groups is 2. The van der Waals surface area contributed by atoms with Gasteiger partial charge in [-0.15, -0.1) is 0 Å². The monoisotopic (exact) mass is 1520 g/mol. The Balaban J connectivity index is 5.10. The van der Waals surface area contributed by atoms with Gasteiger partial charge in [-0.05, 0) is 37.5 Å². The third kappa shape index (κ3) is 76.8. The Morgan fingerprint density at radius 2 is 0.490 bits per heavy atom. The van der Waals surface area contributed by atoms with Crippen molar-refractivity contribution in [2.45, 2.75) is 471 Å². The molecule has 0 fully saturated rings. The van der Waals surface area contributed by atoms with Crippen molar-refractivity contribution in [1.82, 2.24) is 0 Å². The first-order chi connectivity index (χ1) is 50.4. The summed E-state index contributed by atoms with van der Waals surface area (Å²) in [5.74, 6) is -0.469. The van der Waals surface area contributed by atoms with Gasteiger partial charge < -0.3 is 33.8 Å². The van der Waals surface area contributed by atoms with Gasteiger partial charge in [0.05, 0.1) is 26.4 Å². The van der Waals surface area contributed by atoms with E-state index in [4.69, 9.17) is 37.0 Å². The van der Waals surface area contributed by atoms with Gasteiger partial charge >= 0.3 is 39.5 Å². The Kier molecular flexibility index (Phi) is 75.0. The van der Waals surface area contributed by atoms with Crippen LogP contribution in [0, 0.1) is 11.8 Å². The summed E-state index contributed by atoms with van der Waals surface area (Å²) in [6.45, 7) is 9.64. The van der Waals surface area contributed by atoms with Crippen molar-refractivity contribution in [2.24, 2.45) is 11.8 Å². The average Bonchev–Trinajstić information content (AvgIpc) is 0.905. The van der Waals surface area contributed by atoms with Crippen molar-refractivity contribution in [3.63, 3.8) is 0 Å². The second kappa shape index (κ2) is 76.4. The van der Waals surface area contributed by atoms with Crippen LogP contribution in [-0.2, 0) is 65.4 Å². The molecule has 0 aliphatic heterocycles. The van der Waals surface area contributed by atoms with Crippen LogP contribution >= 0.6 is 15.6 Å². The van der Waals surface area contributed by atoms with E-state index in [-0.39, 0.29) is 25.7 Å². The highest BCUT2D eigenvalue weighted by Gasteiger charge is 2.30. The smallest absolute Gasteiger partial charge is 0.462 e. The summed E-state index contributed by atoms with van der Waals surface area (Å²) < 4.78 is 68.6. The van der Waals surface area contributed by atoms with Crippen LogP contribution < -0.4 is 0 Å². The molecule has 0 saturated carbocycles. The van der Waals surface area contributed by atoms with Crippen molar-refractivity contribution < 1.29 is 80.2 Å². The third-order valence-electron chi connectivity index (χ3n) is 20.3. The fourth-order valence-electron chi connectivity index (χ4n) is 13.2. The van der Waals surface area contributed by atoms with Gasteiger partial charge in [0.25, 0.3) is 0 Å². The maximum atomic E-state index is 13.1. The van der Waals surface area contributed by atoms with Crippen molar-refractivity contribution in [3.8, 4) is 0 Å². The lowest BCUT2D eigenvalue weighted by molar-refractivity contribution is -0.161. The molecule has 3 unspecified atom stereocenters. The maximum absolute atomic E-state index is 13.1. The molecule has 0 aromatic carbocycles. The summed E-state index contributed by atoms with van der Waals surface area (Å²) in [5.41, 5.74) is 0. The molecule has 19 heteroatoms. The van der Waals surface area contributed by atoms with Gasteiger partial charge in [0.2, 0.25) is 0 Å². The van der Waals surface area contributed by atoms with Crippen molar-refractivity contribution >= 4 is 39.5 Å². The summed E-state index contributed by atoms with van der Waals surface area (Å²) >= 11 is 0. The molecule has 0 amide bonds. The van der Waals surface area contributed by atoms with Gasteiger partial charge in [-0.1, -0.05) is 401 Å². The zero-order valence-electron chi connectivity index (χ0n) is 68.3. The minimum Gasteiger partial charge on any atom is -0.462 e. The fourth-order valence-corrected chi connectivity index (χ4v) is 14.8. The van der Waals surface area contributed by atoms with Crippen LogP contribution in [0.5, 0.6) is 0 Å². The Labute approximate surface area is 638 Å². The minimum atomic E-state index is -4.96. The van der Waals surface area contributed by atoms with Gasteiger partial charge in [-0.2, -0.15) is 0 Å². The number of unbranched alkanes of at least 4 members (excludes halogenated alkanes) is 53. The number of esters is 4. The van der Waals surface area contributed by atoms with Crippen LogP contribution in [0.25, 0.3) is 0 Å². The van der Waals surface area contributed by atoms with E-state index >= 15 is 0 Å². The summed E-state index contributed by atoms with van der Waals surface area (Å²) in [6, 6.07) is 0. The van der Waals surface area contributed by atoms with Gasteiger partial charge in [0, 0.05) is 25.7 Å². The van der Waals surface area contributed by atoms with E-state index in [2.05, 4.69) is 41.5 Å². The summed E-state index contributed by atoms with van der Waals surface area (Å²) in [7, 11) is -9.91. The van der Waals surface area contributed by atoms with E-state index in [0.29, 0.717) is 25.7 Å². The lowest BCUT2D eigenvalue weighted by Gasteiger charge is -2.21. The fraction of sp³-hybridized carbons (Fsp3) is 0.953. The van der Waals surface area contributed by atoms with E-state index in [1.165, 1.54) is 263 Å². The van der Waals surface area contributed by atoms with E-state index in [1.807, 2.05) is 0 Å². The van der Waals surface area contributed by atoms with Crippen LogP contribution in [0.4, 0.5) is 0 Å². The predicted octanol–water partition coefficient (Wildman–Crippen LogP) is 25.8. The predicted molar refractivity (Wildman–Crippen MR) is 428 cm³/mol. The Hall–Kier alpha value is -1.94. The Morgan fingerprint density at radius 3 is 0.731 bits per heavy atom. The van der Waals surface area contributed by atoms with E-state index in [9.17, 15) is 43.2 Å². The number of carbonyl (C=O) groups is 4. The van der Waals surface area contributed by atoms with Crippen molar-refractivity contribution in [2.75, 3.05) is 39.6 Å². The first-order valence-corrected chi connectivity index (χ1v) is 47.0. The molecule has 104 heavy (non-hydrogen) atoms. The molecular formula is C85H166O17P2. The number of phosphoric ester groups is 2.